The second kappa shape index (κ2) is 12.8. The van der Waals surface area contributed by atoms with Gasteiger partial charge in [0.05, 0.1) is 26.0 Å². The van der Waals surface area contributed by atoms with Crippen LogP contribution in [-0.4, -0.2) is 45.0 Å². The van der Waals surface area contributed by atoms with Crippen LogP contribution in [0.4, 0.5) is 10.2 Å². The van der Waals surface area contributed by atoms with Crippen molar-refractivity contribution >= 4 is 11.7 Å². The van der Waals surface area contributed by atoms with E-state index in [0.717, 1.165) is 21.9 Å². The van der Waals surface area contributed by atoms with Crippen molar-refractivity contribution in [3.05, 3.63) is 130 Å². The normalized spacial score (nSPS) is 21.5. The lowest BCUT2D eigenvalue weighted by molar-refractivity contribution is -0.125. The topological polar surface area (TPSA) is 136 Å². The number of nitriles is 1. The van der Waals surface area contributed by atoms with Gasteiger partial charge >= 0.3 is 5.69 Å². The third-order valence-electron chi connectivity index (χ3n) is 6.73. The molecule has 214 valence electrons. The smallest absolute Gasteiger partial charge is 0.351 e. The van der Waals surface area contributed by atoms with Crippen LogP contribution in [0.5, 0.6) is 0 Å². The minimum Gasteiger partial charge on any atom is -0.385 e. The molecule has 0 saturated carbocycles. The van der Waals surface area contributed by atoms with E-state index < -0.39 is 47.3 Å². The molecule has 1 aromatic heterocycles. The summed E-state index contributed by atoms with van der Waals surface area (Å²) in [5.41, 5.74) is -1.02. The fourth-order valence-corrected chi connectivity index (χ4v) is 4.61. The van der Waals surface area contributed by atoms with E-state index in [-0.39, 0.29) is 25.4 Å². The van der Waals surface area contributed by atoms with Crippen molar-refractivity contribution in [2.75, 3.05) is 11.9 Å². The lowest BCUT2D eigenvalue weighted by Gasteiger charge is -2.28. The molecule has 2 heterocycles. The van der Waals surface area contributed by atoms with Crippen LogP contribution in [0.25, 0.3) is 0 Å². The number of hydrogen-bond acceptors (Lipinski definition) is 8. The first-order valence-corrected chi connectivity index (χ1v) is 13.1. The second-order valence-electron chi connectivity index (χ2n) is 9.64. The third-order valence-corrected chi connectivity index (χ3v) is 6.73. The predicted molar refractivity (Wildman–Crippen MR) is 148 cm³/mol. The van der Waals surface area contributed by atoms with Crippen molar-refractivity contribution in [3.63, 3.8) is 0 Å². The maximum atomic E-state index is 15.1. The number of aromatic nitrogens is 2. The van der Waals surface area contributed by atoms with E-state index in [1.807, 2.05) is 60.7 Å². The van der Waals surface area contributed by atoms with Gasteiger partial charge in [-0.15, -0.1) is 0 Å². The number of amides is 1. The Morgan fingerprint density at radius 1 is 1.02 bits per heavy atom. The van der Waals surface area contributed by atoms with E-state index in [0.29, 0.717) is 0 Å². The van der Waals surface area contributed by atoms with E-state index >= 15 is 4.39 Å². The molecule has 1 fully saturated rings. The summed E-state index contributed by atoms with van der Waals surface area (Å²) in [6.45, 7) is -0.153. The number of benzene rings is 3. The number of ether oxygens (including phenoxy) is 3. The van der Waals surface area contributed by atoms with Crippen molar-refractivity contribution in [1.29, 1.82) is 5.26 Å². The molecule has 1 saturated heterocycles. The maximum absolute atomic E-state index is 15.1. The van der Waals surface area contributed by atoms with Gasteiger partial charge in [0.1, 0.15) is 18.3 Å². The monoisotopic (exact) mass is 570 g/mol. The highest BCUT2D eigenvalue weighted by atomic mass is 19.1. The largest absolute Gasteiger partial charge is 0.385 e. The first kappa shape index (κ1) is 28.8. The summed E-state index contributed by atoms with van der Waals surface area (Å²) in [4.78, 5) is 29.2. The van der Waals surface area contributed by atoms with Crippen LogP contribution in [0.1, 0.15) is 27.7 Å². The van der Waals surface area contributed by atoms with Crippen LogP contribution in [0.2, 0.25) is 0 Å². The lowest BCUT2D eigenvalue weighted by Crippen LogP contribution is -2.47. The predicted octanol–water partition coefficient (Wildman–Crippen LogP) is 3.59. The Kier molecular flexibility index (Phi) is 8.80. The van der Waals surface area contributed by atoms with Crippen molar-refractivity contribution in [2.24, 2.45) is 0 Å². The number of aliphatic hydroxyl groups is 1. The molecule has 42 heavy (non-hydrogen) atoms. The summed E-state index contributed by atoms with van der Waals surface area (Å²) in [6, 6.07) is 28.4. The molecule has 4 atom stereocenters. The van der Waals surface area contributed by atoms with Gasteiger partial charge in [-0.05, 0) is 23.3 Å². The highest BCUT2D eigenvalue weighted by molar-refractivity contribution is 6.03. The molecule has 10 nitrogen and oxygen atoms in total. The number of carbonyl (C=O) groups is 1. The summed E-state index contributed by atoms with van der Waals surface area (Å²) in [5, 5.41) is 23.8. The fraction of sp³-hybridized carbons (Fsp3) is 0.226. The molecular weight excluding hydrogens is 543 g/mol. The zero-order chi connectivity index (χ0) is 29.5. The molecule has 1 amide bonds. The minimum absolute atomic E-state index is 0.0206. The molecule has 0 radical (unpaired) electrons. The van der Waals surface area contributed by atoms with Crippen LogP contribution in [-0.2, 0) is 27.4 Å². The van der Waals surface area contributed by atoms with Gasteiger partial charge in [0, 0.05) is 5.56 Å². The molecule has 0 unspecified atom stereocenters. The van der Waals surface area contributed by atoms with Crippen molar-refractivity contribution in [3.8, 4) is 6.07 Å². The number of rotatable bonds is 10. The first-order chi connectivity index (χ1) is 20.4. The van der Waals surface area contributed by atoms with Gasteiger partial charge in [-0.3, -0.25) is 9.36 Å². The van der Waals surface area contributed by atoms with Gasteiger partial charge in [0.15, 0.2) is 17.9 Å². The number of nitrogens with one attached hydrogen (secondary N) is 1. The Balaban J connectivity index is 1.40. The zero-order valence-corrected chi connectivity index (χ0v) is 22.3. The average molecular weight is 571 g/mol. The molecule has 2 N–H and O–H groups in total. The summed E-state index contributed by atoms with van der Waals surface area (Å²) in [7, 11) is 0. The summed E-state index contributed by atoms with van der Waals surface area (Å²) < 4.78 is 33.6. The molecule has 4 aromatic rings. The van der Waals surface area contributed by atoms with Crippen molar-refractivity contribution in [2.45, 2.75) is 37.3 Å². The number of anilines is 1. The minimum atomic E-state index is -1.86. The van der Waals surface area contributed by atoms with E-state index in [9.17, 15) is 20.0 Å². The SMILES string of the molecule is N#C[C@]1(COCc2ccccc2)O[C@@H](n2cc(F)c(NC(=O)c3ccccc3)nc2=O)[C@H](O)[C@@H]1OCc1ccccc1. The van der Waals surface area contributed by atoms with Gasteiger partial charge in [0.2, 0.25) is 5.60 Å². The Hall–Kier alpha value is -4.73. The number of carbonyl (C=O) groups excluding carboxylic acids is 1. The standard InChI is InChI=1S/C31H27FN4O6/c32-24-16-36(30(39)35-27(24)34-28(38)23-14-8-3-9-15-23)29-25(37)26(41-18-22-12-6-2-7-13-22)31(19-33,42-29)20-40-17-21-10-4-1-5-11-21/h1-16,25-26,29,37H,17-18,20H2,(H,34,35,38,39)/t25-,26+,29-,31-/m1/s1. The van der Waals surface area contributed by atoms with Crippen LogP contribution in [0.3, 0.4) is 0 Å². The Labute approximate surface area is 240 Å². The van der Waals surface area contributed by atoms with Crippen LogP contribution < -0.4 is 11.0 Å². The fourth-order valence-electron chi connectivity index (χ4n) is 4.61. The Bertz CT molecular complexity index is 1610. The van der Waals surface area contributed by atoms with Crippen molar-refractivity contribution in [1.82, 2.24) is 9.55 Å². The molecule has 0 spiro atoms. The van der Waals surface area contributed by atoms with Gasteiger partial charge < -0.3 is 24.6 Å². The molecule has 1 aliphatic rings. The molecule has 0 aliphatic carbocycles. The maximum Gasteiger partial charge on any atom is 0.351 e. The average Bonchev–Trinajstić information content (AvgIpc) is 3.30. The van der Waals surface area contributed by atoms with Gasteiger partial charge in [0.25, 0.3) is 5.91 Å². The van der Waals surface area contributed by atoms with Gasteiger partial charge in [-0.25, -0.2) is 9.18 Å². The highest BCUT2D eigenvalue weighted by Crippen LogP contribution is 2.39. The van der Waals surface area contributed by atoms with Crippen LogP contribution >= 0.6 is 0 Å². The molecule has 3 aromatic carbocycles. The third kappa shape index (κ3) is 6.27. The first-order valence-electron chi connectivity index (χ1n) is 13.1. The summed E-state index contributed by atoms with van der Waals surface area (Å²) in [5.74, 6) is -2.30. The van der Waals surface area contributed by atoms with Crippen molar-refractivity contribution < 1.29 is 28.5 Å². The van der Waals surface area contributed by atoms with E-state index in [1.54, 1.807) is 18.2 Å². The molecule has 5 rings (SSSR count). The number of aliphatic hydroxyl groups excluding tert-OH is 1. The number of nitrogens with zero attached hydrogens (tertiary/aromatic N) is 3. The summed E-state index contributed by atoms with van der Waals surface area (Å²) >= 11 is 0. The van der Waals surface area contributed by atoms with Gasteiger partial charge in [-0.2, -0.15) is 10.2 Å². The molecule has 11 heteroatoms. The Morgan fingerprint density at radius 2 is 1.62 bits per heavy atom. The van der Waals surface area contributed by atoms with Gasteiger partial charge in [-0.1, -0.05) is 78.9 Å². The van der Waals surface area contributed by atoms with E-state index in [1.165, 1.54) is 12.1 Å². The second-order valence-corrected chi connectivity index (χ2v) is 9.64. The highest BCUT2D eigenvalue weighted by Gasteiger charge is 2.57. The Morgan fingerprint density at radius 3 is 2.24 bits per heavy atom. The van der Waals surface area contributed by atoms with E-state index in [4.69, 9.17) is 14.2 Å². The lowest BCUT2D eigenvalue weighted by atomic mass is 9.97. The molecule has 1 aliphatic heterocycles. The number of halogens is 1. The zero-order valence-electron chi connectivity index (χ0n) is 22.3. The van der Waals surface area contributed by atoms with Crippen LogP contribution in [0.15, 0.2) is 102 Å². The molecule has 0 bridgehead atoms. The summed E-state index contributed by atoms with van der Waals surface area (Å²) in [6.07, 6.45) is -3.65. The van der Waals surface area contributed by atoms with E-state index in [2.05, 4.69) is 16.4 Å². The van der Waals surface area contributed by atoms with Crippen LogP contribution in [0, 0.1) is 17.1 Å². The quantitative estimate of drug-likeness (QED) is 0.295. The molecular formula is C31H27FN4O6. The number of hydrogen-bond donors (Lipinski definition) is 2.